The van der Waals surface area contributed by atoms with E-state index in [1.54, 1.807) is 28.6 Å². The summed E-state index contributed by atoms with van der Waals surface area (Å²) in [5.74, 6) is 1.15. The summed E-state index contributed by atoms with van der Waals surface area (Å²) in [6, 6.07) is 16.7. The van der Waals surface area contributed by atoms with Gasteiger partial charge in [-0.05, 0) is 39.4 Å². The SMILES string of the molecule is Cn1nnnc1SCCNCc1c(OCc2c(F)cccc2Cl)ccc2ccccc12. The minimum absolute atomic E-state index is 0.0614. The van der Waals surface area contributed by atoms with E-state index in [4.69, 9.17) is 16.3 Å². The molecule has 0 aliphatic rings. The van der Waals surface area contributed by atoms with Crippen LogP contribution in [0.15, 0.2) is 59.8 Å². The lowest BCUT2D eigenvalue weighted by atomic mass is 10.0. The Hall–Kier alpha value is -2.68. The van der Waals surface area contributed by atoms with Gasteiger partial charge in [0.15, 0.2) is 0 Å². The lowest BCUT2D eigenvalue weighted by molar-refractivity contribution is 0.297. The van der Waals surface area contributed by atoms with Crippen LogP contribution < -0.4 is 10.1 Å². The molecule has 160 valence electrons. The summed E-state index contributed by atoms with van der Waals surface area (Å²) >= 11 is 7.74. The third kappa shape index (κ3) is 5.15. The van der Waals surface area contributed by atoms with E-state index in [0.717, 1.165) is 33.8 Å². The number of rotatable bonds is 9. The van der Waals surface area contributed by atoms with Gasteiger partial charge in [0.05, 0.1) is 5.02 Å². The maximum atomic E-state index is 14.1. The van der Waals surface area contributed by atoms with Crippen LogP contribution in [0.5, 0.6) is 5.75 Å². The zero-order chi connectivity index (χ0) is 21.6. The average molecular weight is 458 g/mol. The molecule has 0 unspecified atom stereocenters. The highest BCUT2D eigenvalue weighted by Gasteiger charge is 2.12. The Morgan fingerprint density at radius 1 is 1.10 bits per heavy atom. The van der Waals surface area contributed by atoms with Crippen molar-refractivity contribution in [1.29, 1.82) is 0 Å². The number of aromatic nitrogens is 4. The normalized spacial score (nSPS) is 11.2. The number of nitrogens with one attached hydrogen (secondary N) is 1. The Kier molecular flexibility index (Phi) is 7.01. The van der Waals surface area contributed by atoms with E-state index in [1.165, 1.54) is 6.07 Å². The molecule has 0 radical (unpaired) electrons. The highest BCUT2D eigenvalue weighted by molar-refractivity contribution is 7.99. The molecule has 0 aliphatic heterocycles. The first kappa shape index (κ1) is 21.5. The first-order valence-electron chi connectivity index (χ1n) is 9.75. The molecule has 0 saturated heterocycles. The molecule has 0 fully saturated rings. The van der Waals surface area contributed by atoms with Gasteiger partial charge in [0.1, 0.15) is 18.2 Å². The first-order valence-corrected chi connectivity index (χ1v) is 11.1. The summed E-state index contributed by atoms with van der Waals surface area (Å²) in [5, 5.41) is 18.2. The minimum Gasteiger partial charge on any atom is -0.488 e. The van der Waals surface area contributed by atoms with Gasteiger partial charge >= 0.3 is 0 Å². The third-order valence-electron chi connectivity index (χ3n) is 4.82. The topological polar surface area (TPSA) is 64.9 Å². The Balaban J connectivity index is 1.47. The molecule has 4 rings (SSSR count). The Morgan fingerprint density at radius 3 is 2.77 bits per heavy atom. The van der Waals surface area contributed by atoms with Gasteiger partial charge in [-0.15, -0.1) is 5.10 Å². The molecule has 1 heterocycles. The molecule has 1 aromatic heterocycles. The second kappa shape index (κ2) is 10.1. The molecule has 0 amide bonds. The van der Waals surface area contributed by atoms with E-state index in [9.17, 15) is 4.39 Å². The van der Waals surface area contributed by atoms with E-state index in [1.807, 2.05) is 31.3 Å². The zero-order valence-electron chi connectivity index (χ0n) is 16.9. The molecule has 0 spiro atoms. The maximum absolute atomic E-state index is 14.1. The number of nitrogens with zero attached hydrogens (tertiary/aromatic N) is 4. The van der Waals surface area contributed by atoms with Gasteiger partial charge in [-0.2, -0.15) is 0 Å². The average Bonchev–Trinajstić information content (AvgIpc) is 3.18. The number of fused-ring (bicyclic) bond motifs is 1. The summed E-state index contributed by atoms with van der Waals surface area (Å²) in [6.45, 7) is 1.44. The number of tetrazole rings is 1. The van der Waals surface area contributed by atoms with Gasteiger partial charge in [0, 0.05) is 37.0 Å². The van der Waals surface area contributed by atoms with E-state index in [0.29, 0.717) is 22.9 Å². The van der Waals surface area contributed by atoms with Crippen LogP contribution in [-0.4, -0.2) is 32.5 Å². The van der Waals surface area contributed by atoms with E-state index in [2.05, 4.69) is 33.0 Å². The van der Waals surface area contributed by atoms with E-state index < -0.39 is 0 Å². The summed E-state index contributed by atoms with van der Waals surface area (Å²) < 4.78 is 21.8. The van der Waals surface area contributed by atoms with Crippen LogP contribution in [0.4, 0.5) is 4.39 Å². The number of halogens is 2. The minimum atomic E-state index is -0.372. The Morgan fingerprint density at radius 2 is 1.97 bits per heavy atom. The van der Waals surface area contributed by atoms with Gasteiger partial charge in [0.2, 0.25) is 5.16 Å². The fraction of sp³-hybridized carbons (Fsp3) is 0.227. The number of ether oxygens (including phenoxy) is 1. The van der Waals surface area contributed by atoms with Crippen molar-refractivity contribution in [3.8, 4) is 5.75 Å². The van der Waals surface area contributed by atoms with Crippen LogP contribution in [0.3, 0.4) is 0 Å². The Labute approximate surface area is 188 Å². The highest BCUT2D eigenvalue weighted by atomic mass is 35.5. The van der Waals surface area contributed by atoms with Crippen molar-refractivity contribution in [3.63, 3.8) is 0 Å². The van der Waals surface area contributed by atoms with Crippen molar-refractivity contribution in [2.45, 2.75) is 18.3 Å². The van der Waals surface area contributed by atoms with Crippen LogP contribution in [0, 0.1) is 5.82 Å². The quantitative estimate of drug-likeness (QED) is 0.292. The molecule has 9 heteroatoms. The number of benzene rings is 3. The molecule has 0 saturated carbocycles. The molecule has 1 N–H and O–H groups in total. The van der Waals surface area contributed by atoms with Crippen LogP contribution in [-0.2, 0) is 20.2 Å². The number of thioether (sulfide) groups is 1. The first-order chi connectivity index (χ1) is 15.1. The van der Waals surface area contributed by atoms with Crippen molar-refractivity contribution in [1.82, 2.24) is 25.5 Å². The molecule has 3 aromatic carbocycles. The number of aryl methyl sites for hydroxylation is 1. The van der Waals surface area contributed by atoms with Crippen molar-refractivity contribution >= 4 is 34.1 Å². The van der Waals surface area contributed by atoms with Crippen molar-refractivity contribution in [3.05, 3.63) is 76.6 Å². The van der Waals surface area contributed by atoms with Crippen molar-refractivity contribution in [2.75, 3.05) is 12.3 Å². The Bertz CT molecular complexity index is 1170. The molecule has 0 atom stereocenters. The van der Waals surface area contributed by atoms with Crippen LogP contribution in [0.25, 0.3) is 10.8 Å². The smallest absolute Gasteiger partial charge is 0.209 e. The molecule has 4 aromatic rings. The molecular formula is C22H21ClFN5OS. The van der Waals surface area contributed by atoms with E-state index >= 15 is 0 Å². The monoisotopic (exact) mass is 457 g/mol. The summed E-state index contributed by atoms with van der Waals surface area (Å²) in [5.41, 5.74) is 1.38. The van der Waals surface area contributed by atoms with E-state index in [-0.39, 0.29) is 12.4 Å². The molecular weight excluding hydrogens is 437 g/mol. The highest BCUT2D eigenvalue weighted by Crippen LogP contribution is 2.30. The fourth-order valence-electron chi connectivity index (χ4n) is 3.23. The second-order valence-corrected chi connectivity index (χ2v) is 8.33. The summed E-state index contributed by atoms with van der Waals surface area (Å²) in [6.07, 6.45) is 0. The van der Waals surface area contributed by atoms with Crippen LogP contribution >= 0.6 is 23.4 Å². The third-order valence-corrected chi connectivity index (χ3v) is 6.19. The number of hydrogen-bond donors (Lipinski definition) is 1. The largest absolute Gasteiger partial charge is 0.488 e. The summed E-state index contributed by atoms with van der Waals surface area (Å²) in [4.78, 5) is 0. The van der Waals surface area contributed by atoms with Gasteiger partial charge in [-0.1, -0.05) is 59.8 Å². The zero-order valence-corrected chi connectivity index (χ0v) is 18.5. The lowest BCUT2D eigenvalue weighted by Gasteiger charge is -2.16. The van der Waals surface area contributed by atoms with Crippen LogP contribution in [0.2, 0.25) is 5.02 Å². The van der Waals surface area contributed by atoms with Crippen molar-refractivity contribution in [2.24, 2.45) is 7.05 Å². The van der Waals surface area contributed by atoms with Gasteiger partial charge < -0.3 is 10.1 Å². The van der Waals surface area contributed by atoms with Gasteiger partial charge in [-0.25, -0.2) is 9.07 Å². The lowest BCUT2D eigenvalue weighted by Crippen LogP contribution is -2.18. The van der Waals surface area contributed by atoms with Crippen LogP contribution in [0.1, 0.15) is 11.1 Å². The standard InChI is InChI=1S/C22H21ClFN5OS/c1-29-22(26-27-28-29)31-12-11-25-13-17-16-6-3-2-5-15(16)9-10-21(17)30-14-18-19(23)7-4-8-20(18)24/h2-10,25H,11-14H2,1H3. The molecule has 31 heavy (non-hydrogen) atoms. The number of hydrogen-bond acceptors (Lipinski definition) is 6. The van der Waals surface area contributed by atoms with Gasteiger partial charge in [-0.3, -0.25) is 0 Å². The molecule has 6 nitrogen and oxygen atoms in total. The summed E-state index contributed by atoms with van der Waals surface area (Å²) in [7, 11) is 1.82. The molecule has 0 aliphatic carbocycles. The van der Waals surface area contributed by atoms with Gasteiger partial charge in [0.25, 0.3) is 0 Å². The molecule has 0 bridgehead atoms. The van der Waals surface area contributed by atoms with Crippen molar-refractivity contribution < 1.29 is 9.13 Å². The fourth-order valence-corrected chi connectivity index (χ4v) is 4.19. The predicted molar refractivity (Wildman–Crippen MR) is 121 cm³/mol. The second-order valence-electron chi connectivity index (χ2n) is 6.86. The maximum Gasteiger partial charge on any atom is 0.209 e. The predicted octanol–water partition coefficient (Wildman–Crippen LogP) is 4.62.